The second-order valence-electron chi connectivity index (χ2n) is 5.86. The van der Waals surface area contributed by atoms with E-state index >= 15 is 0 Å². The first-order valence-electron chi connectivity index (χ1n) is 8.79. The SMILES string of the molecule is COc1nc2occc2nc1N(C(=O)Oc1ccccc1)C(=O)Oc1ccccc1. The van der Waals surface area contributed by atoms with Crippen molar-refractivity contribution < 1.29 is 28.2 Å². The number of methoxy groups -OCH3 is 1. The Hall–Kier alpha value is -4.40. The van der Waals surface area contributed by atoms with Crippen LogP contribution in [0.2, 0.25) is 0 Å². The molecule has 0 radical (unpaired) electrons. The molecule has 0 N–H and O–H groups in total. The van der Waals surface area contributed by atoms with Crippen LogP contribution in [0.4, 0.5) is 15.4 Å². The minimum absolute atomic E-state index is 0.118. The van der Waals surface area contributed by atoms with Crippen LogP contribution in [-0.2, 0) is 0 Å². The number of furan rings is 1. The molecule has 0 bridgehead atoms. The highest BCUT2D eigenvalue weighted by atomic mass is 16.6. The van der Waals surface area contributed by atoms with Gasteiger partial charge in [-0.05, 0) is 24.3 Å². The van der Waals surface area contributed by atoms with Crippen LogP contribution in [-0.4, -0.2) is 29.3 Å². The molecule has 2 aromatic carbocycles. The minimum Gasteiger partial charge on any atom is -0.478 e. The molecule has 0 aliphatic heterocycles. The number of imide groups is 1. The van der Waals surface area contributed by atoms with E-state index < -0.39 is 12.2 Å². The summed E-state index contributed by atoms with van der Waals surface area (Å²) in [5.74, 6) is 0.147. The number of aromatic nitrogens is 2. The monoisotopic (exact) mass is 405 g/mol. The van der Waals surface area contributed by atoms with E-state index in [9.17, 15) is 9.59 Å². The average Bonchev–Trinajstić information content (AvgIpc) is 3.22. The highest BCUT2D eigenvalue weighted by Crippen LogP contribution is 2.29. The molecule has 0 saturated heterocycles. The predicted molar refractivity (Wildman–Crippen MR) is 106 cm³/mol. The maximum Gasteiger partial charge on any atom is 0.430 e. The zero-order chi connectivity index (χ0) is 20.9. The highest BCUT2D eigenvalue weighted by molar-refractivity contribution is 6.11. The summed E-state index contributed by atoms with van der Waals surface area (Å²) >= 11 is 0. The topological polar surface area (TPSA) is 104 Å². The molecular formula is C21H15N3O6. The molecule has 0 aliphatic carbocycles. The van der Waals surface area contributed by atoms with Crippen LogP contribution in [0.3, 0.4) is 0 Å². The molecule has 0 aliphatic rings. The van der Waals surface area contributed by atoms with Crippen molar-refractivity contribution in [2.24, 2.45) is 0 Å². The van der Waals surface area contributed by atoms with Gasteiger partial charge in [-0.15, -0.1) is 0 Å². The fourth-order valence-corrected chi connectivity index (χ4v) is 2.57. The first kappa shape index (κ1) is 18.9. The van der Waals surface area contributed by atoms with Gasteiger partial charge in [0.15, 0.2) is 0 Å². The molecule has 2 amide bonds. The van der Waals surface area contributed by atoms with Gasteiger partial charge in [-0.3, -0.25) is 0 Å². The van der Waals surface area contributed by atoms with Crippen molar-refractivity contribution in [1.29, 1.82) is 0 Å². The molecule has 2 heterocycles. The number of para-hydroxylation sites is 2. The summed E-state index contributed by atoms with van der Waals surface area (Å²) in [5.41, 5.74) is 0.499. The number of carbonyl (C=O) groups excluding carboxylic acids is 2. The van der Waals surface area contributed by atoms with Crippen molar-refractivity contribution in [3.63, 3.8) is 0 Å². The van der Waals surface area contributed by atoms with Crippen molar-refractivity contribution in [2.75, 3.05) is 12.0 Å². The maximum absolute atomic E-state index is 12.9. The van der Waals surface area contributed by atoms with Gasteiger partial charge in [-0.2, -0.15) is 9.88 Å². The largest absolute Gasteiger partial charge is 0.478 e. The van der Waals surface area contributed by atoms with E-state index in [-0.39, 0.29) is 28.9 Å². The molecule has 0 unspecified atom stereocenters. The standard InChI is InChI=1S/C21H15N3O6/c1-27-19-17(22-16-12-13-28-18(16)23-19)24(20(25)29-14-8-4-2-5-9-14)21(26)30-15-10-6-3-7-11-15/h2-13H,1H3. The van der Waals surface area contributed by atoms with Gasteiger partial charge in [0.1, 0.15) is 17.0 Å². The number of rotatable bonds is 4. The quantitative estimate of drug-likeness (QED) is 0.491. The lowest BCUT2D eigenvalue weighted by atomic mass is 10.3. The lowest BCUT2D eigenvalue weighted by Crippen LogP contribution is -2.41. The Kier molecular flexibility index (Phi) is 5.25. The molecule has 0 atom stereocenters. The van der Waals surface area contributed by atoms with Gasteiger partial charge < -0.3 is 18.6 Å². The normalized spacial score (nSPS) is 10.4. The van der Waals surface area contributed by atoms with Gasteiger partial charge in [-0.25, -0.2) is 14.6 Å². The minimum atomic E-state index is -1.04. The lowest BCUT2D eigenvalue weighted by molar-refractivity contribution is 0.190. The van der Waals surface area contributed by atoms with Crippen molar-refractivity contribution in [2.45, 2.75) is 0 Å². The number of ether oxygens (including phenoxy) is 3. The first-order valence-corrected chi connectivity index (χ1v) is 8.79. The third kappa shape index (κ3) is 3.90. The maximum atomic E-state index is 12.9. The number of nitrogens with zero attached hydrogens (tertiary/aromatic N) is 3. The van der Waals surface area contributed by atoms with Crippen LogP contribution >= 0.6 is 0 Å². The Bertz CT molecular complexity index is 1120. The van der Waals surface area contributed by atoms with Crippen LogP contribution in [0.15, 0.2) is 77.4 Å². The molecular weight excluding hydrogens is 390 g/mol. The highest BCUT2D eigenvalue weighted by Gasteiger charge is 2.33. The zero-order valence-electron chi connectivity index (χ0n) is 15.7. The van der Waals surface area contributed by atoms with Gasteiger partial charge in [0.2, 0.25) is 11.5 Å². The van der Waals surface area contributed by atoms with E-state index in [2.05, 4.69) is 9.97 Å². The fourth-order valence-electron chi connectivity index (χ4n) is 2.57. The third-order valence-electron chi connectivity index (χ3n) is 3.91. The van der Waals surface area contributed by atoms with Crippen LogP contribution in [0.25, 0.3) is 11.2 Å². The number of hydrogen-bond donors (Lipinski definition) is 0. The average molecular weight is 405 g/mol. The molecule has 4 rings (SSSR count). The number of amides is 2. The van der Waals surface area contributed by atoms with Crippen LogP contribution in [0.5, 0.6) is 17.4 Å². The number of fused-ring (bicyclic) bond motifs is 1. The van der Waals surface area contributed by atoms with Gasteiger partial charge in [-0.1, -0.05) is 36.4 Å². The Morgan fingerprint density at radius 2 is 1.40 bits per heavy atom. The van der Waals surface area contributed by atoms with Crippen LogP contribution in [0, 0.1) is 0 Å². The van der Waals surface area contributed by atoms with E-state index in [1.807, 2.05) is 0 Å². The molecule has 30 heavy (non-hydrogen) atoms. The zero-order valence-corrected chi connectivity index (χ0v) is 15.7. The van der Waals surface area contributed by atoms with Crippen molar-refractivity contribution in [3.8, 4) is 17.4 Å². The summed E-state index contributed by atoms with van der Waals surface area (Å²) in [4.78, 5) is 34.9. The number of carbonyl (C=O) groups is 2. The fraction of sp³-hybridized carbons (Fsp3) is 0.0476. The van der Waals surface area contributed by atoms with Crippen molar-refractivity contribution in [1.82, 2.24) is 9.97 Å². The molecule has 9 heteroatoms. The first-order chi connectivity index (χ1) is 14.7. The van der Waals surface area contributed by atoms with E-state index in [0.717, 1.165) is 0 Å². The van der Waals surface area contributed by atoms with Crippen LogP contribution < -0.4 is 19.1 Å². The van der Waals surface area contributed by atoms with Gasteiger partial charge in [0, 0.05) is 6.07 Å². The molecule has 150 valence electrons. The Morgan fingerprint density at radius 3 is 1.93 bits per heavy atom. The molecule has 9 nitrogen and oxygen atoms in total. The Morgan fingerprint density at radius 1 is 0.833 bits per heavy atom. The third-order valence-corrected chi connectivity index (χ3v) is 3.91. The summed E-state index contributed by atoms with van der Waals surface area (Å²) in [6.45, 7) is 0. The summed E-state index contributed by atoms with van der Waals surface area (Å²) in [6, 6.07) is 18.1. The molecule has 4 aromatic rings. The van der Waals surface area contributed by atoms with Crippen LogP contribution in [0.1, 0.15) is 0 Å². The number of anilines is 1. The van der Waals surface area contributed by atoms with E-state index in [1.54, 1.807) is 60.7 Å². The van der Waals surface area contributed by atoms with Gasteiger partial charge in [0.05, 0.1) is 13.4 Å². The Balaban J connectivity index is 1.74. The van der Waals surface area contributed by atoms with E-state index in [1.165, 1.54) is 19.4 Å². The molecule has 0 saturated carbocycles. The summed E-state index contributed by atoms with van der Waals surface area (Å²) in [5, 5.41) is 0. The molecule has 0 spiro atoms. The number of hydrogen-bond acceptors (Lipinski definition) is 8. The van der Waals surface area contributed by atoms with E-state index in [4.69, 9.17) is 18.6 Å². The second kappa shape index (κ2) is 8.31. The molecule has 0 fully saturated rings. The smallest absolute Gasteiger partial charge is 0.430 e. The summed E-state index contributed by atoms with van der Waals surface area (Å²) < 4.78 is 21.1. The van der Waals surface area contributed by atoms with Crippen molar-refractivity contribution >= 4 is 29.2 Å². The van der Waals surface area contributed by atoms with Crippen molar-refractivity contribution in [3.05, 3.63) is 73.0 Å². The second-order valence-corrected chi connectivity index (χ2v) is 5.86. The molecule has 2 aromatic heterocycles. The summed E-state index contributed by atoms with van der Waals surface area (Å²) in [7, 11) is 1.32. The van der Waals surface area contributed by atoms with Gasteiger partial charge in [0.25, 0.3) is 5.88 Å². The van der Waals surface area contributed by atoms with Gasteiger partial charge >= 0.3 is 12.2 Å². The summed E-state index contributed by atoms with van der Waals surface area (Å²) in [6.07, 6.45) is -0.710. The number of benzene rings is 2. The van der Waals surface area contributed by atoms with E-state index in [0.29, 0.717) is 10.4 Å². The lowest BCUT2D eigenvalue weighted by Gasteiger charge is -2.20. The predicted octanol–water partition coefficient (Wildman–Crippen LogP) is 4.44. The Labute approximate surface area is 170 Å².